The van der Waals surface area contributed by atoms with E-state index in [0.717, 1.165) is 11.0 Å². The molecule has 2 aromatic rings. The zero-order valence-electron chi connectivity index (χ0n) is 13.7. The van der Waals surface area contributed by atoms with Crippen LogP contribution in [0.3, 0.4) is 0 Å². The molecular formula is C18H21NO4S. The van der Waals surface area contributed by atoms with E-state index in [1.54, 1.807) is 18.2 Å². The third-order valence-corrected chi connectivity index (χ3v) is 4.05. The van der Waals surface area contributed by atoms with Crippen molar-refractivity contribution >= 4 is 21.8 Å². The second-order valence-corrected chi connectivity index (χ2v) is 6.45. The maximum Gasteiger partial charge on any atom is 0.255 e. The molecule has 0 aliphatic rings. The average Bonchev–Trinajstić information content (AvgIpc) is 2.57. The molecule has 6 heteroatoms. The minimum atomic E-state index is -3.67. The van der Waals surface area contributed by atoms with Crippen molar-refractivity contribution in [3.8, 4) is 11.5 Å². The molecule has 1 N–H and O–H groups in total. The van der Waals surface area contributed by atoms with Crippen LogP contribution in [-0.2, 0) is 10.0 Å². The number of rotatable bonds is 8. The molecule has 0 saturated heterocycles. The summed E-state index contributed by atoms with van der Waals surface area (Å²) in [6.07, 6.45) is 1.54. The summed E-state index contributed by atoms with van der Waals surface area (Å²) in [7, 11) is -3.67. The molecule has 0 heterocycles. The average molecular weight is 347 g/mol. The smallest absolute Gasteiger partial charge is 0.255 e. The van der Waals surface area contributed by atoms with E-state index in [1.165, 1.54) is 6.08 Å². The molecule has 0 spiro atoms. The molecule has 2 aromatic carbocycles. The van der Waals surface area contributed by atoms with Gasteiger partial charge in [-0.3, -0.25) is 4.72 Å². The number of sulfonamides is 1. The maximum absolute atomic E-state index is 12.3. The Kier molecular flexibility index (Phi) is 6.26. The van der Waals surface area contributed by atoms with Crippen molar-refractivity contribution in [3.63, 3.8) is 0 Å². The zero-order chi connectivity index (χ0) is 17.4. The van der Waals surface area contributed by atoms with Crippen molar-refractivity contribution in [3.05, 3.63) is 59.5 Å². The number of hydrogen-bond donors (Lipinski definition) is 1. The van der Waals surface area contributed by atoms with Crippen molar-refractivity contribution < 1.29 is 17.9 Å². The lowest BCUT2D eigenvalue weighted by Gasteiger charge is -2.13. The fraction of sp³-hybridized carbons (Fsp3) is 0.222. The van der Waals surface area contributed by atoms with E-state index in [1.807, 2.05) is 44.2 Å². The Bertz CT molecular complexity index is 786. The summed E-state index contributed by atoms with van der Waals surface area (Å²) in [6, 6.07) is 14.3. The van der Waals surface area contributed by atoms with Crippen LogP contribution < -0.4 is 14.2 Å². The van der Waals surface area contributed by atoms with Crippen LogP contribution in [0.4, 0.5) is 5.69 Å². The van der Waals surface area contributed by atoms with Gasteiger partial charge in [-0.1, -0.05) is 30.3 Å². The Morgan fingerprint density at radius 3 is 2.38 bits per heavy atom. The Morgan fingerprint density at radius 2 is 1.71 bits per heavy atom. The minimum absolute atomic E-state index is 0.348. The first-order valence-electron chi connectivity index (χ1n) is 7.69. The van der Waals surface area contributed by atoms with Crippen LogP contribution in [0, 0.1) is 0 Å². The fourth-order valence-electron chi connectivity index (χ4n) is 2.05. The summed E-state index contributed by atoms with van der Waals surface area (Å²) in [5.74, 6) is 1.03. The summed E-state index contributed by atoms with van der Waals surface area (Å²) in [5.41, 5.74) is 1.15. The molecule has 0 bridgehead atoms. The van der Waals surface area contributed by atoms with E-state index >= 15 is 0 Å². The standard InChI is InChI=1S/C18H21NO4S/c1-3-22-16-10-11-18(23-4-2)17(14-16)19-24(20,21)13-12-15-8-6-5-7-9-15/h5-14,19H,3-4H2,1-2H3/b13-12+. The first-order chi connectivity index (χ1) is 11.5. The van der Waals surface area contributed by atoms with Gasteiger partial charge in [0.15, 0.2) is 0 Å². The molecule has 0 atom stereocenters. The Hall–Kier alpha value is -2.47. The highest BCUT2D eigenvalue weighted by Crippen LogP contribution is 2.30. The molecule has 24 heavy (non-hydrogen) atoms. The van der Waals surface area contributed by atoms with E-state index in [4.69, 9.17) is 9.47 Å². The lowest BCUT2D eigenvalue weighted by atomic mass is 10.2. The normalized spacial score (nSPS) is 11.4. The molecular weight excluding hydrogens is 326 g/mol. The van der Waals surface area contributed by atoms with Crippen LogP contribution in [0.2, 0.25) is 0 Å². The van der Waals surface area contributed by atoms with Crippen molar-refractivity contribution in [2.24, 2.45) is 0 Å². The maximum atomic E-state index is 12.3. The second kappa shape index (κ2) is 8.40. The van der Waals surface area contributed by atoms with Gasteiger partial charge in [0.1, 0.15) is 11.5 Å². The molecule has 0 aromatic heterocycles. The van der Waals surface area contributed by atoms with Crippen LogP contribution >= 0.6 is 0 Å². The first-order valence-corrected chi connectivity index (χ1v) is 9.24. The van der Waals surface area contributed by atoms with Gasteiger partial charge in [-0.15, -0.1) is 0 Å². The molecule has 128 valence electrons. The van der Waals surface area contributed by atoms with Gasteiger partial charge in [0.2, 0.25) is 0 Å². The molecule has 5 nitrogen and oxygen atoms in total. The van der Waals surface area contributed by atoms with Gasteiger partial charge in [0, 0.05) is 6.07 Å². The van der Waals surface area contributed by atoms with E-state index in [9.17, 15) is 8.42 Å². The Labute approximate surface area is 143 Å². The Balaban J connectivity index is 2.23. The molecule has 0 aliphatic heterocycles. The molecule has 0 saturated carbocycles. The number of ether oxygens (including phenoxy) is 2. The monoisotopic (exact) mass is 347 g/mol. The molecule has 0 fully saturated rings. The van der Waals surface area contributed by atoms with Gasteiger partial charge in [0.25, 0.3) is 10.0 Å². The predicted octanol–water partition coefficient (Wildman–Crippen LogP) is 3.90. The quantitative estimate of drug-likeness (QED) is 0.787. The Morgan fingerprint density at radius 1 is 1.00 bits per heavy atom. The van der Waals surface area contributed by atoms with Gasteiger partial charge in [-0.25, -0.2) is 8.42 Å². The highest BCUT2D eigenvalue weighted by molar-refractivity contribution is 7.95. The van der Waals surface area contributed by atoms with Gasteiger partial charge < -0.3 is 9.47 Å². The highest BCUT2D eigenvalue weighted by atomic mass is 32.2. The van der Waals surface area contributed by atoms with Crippen molar-refractivity contribution in [2.45, 2.75) is 13.8 Å². The first kappa shape index (κ1) is 17.9. The van der Waals surface area contributed by atoms with Crippen molar-refractivity contribution in [1.29, 1.82) is 0 Å². The van der Waals surface area contributed by atoms with Crippen molar-refractivity contribution in [2.75, 3.05) is 17.9 Å². The van der Waals surface area contributed by atoms with Crippen LogP contribution in [0.25, 0.3) is 6.08 Å². The van der Waals surface area contributed by atoms with E-state index < -0.39 is 10.0 Å². The molecule has 2 rings (SSSR count). The topological polar surface area (TPSA) is 64.6 Å². The number of anilines is 1. The summed E-state index contributed by atoms with van der Waals surface area (Å²) < 4.78 is 38.0. The lowest BCUT2D eigenvalue weighted by Crippen LogP contribution is -2.10. The number of benzene rings is 2. The highest BCUT2D eigenvalue weighted by Gasteiger charge is 2.12. The van der Waals surface area contributed by atoms with Gasteiger partial charge in [0.05, 0.1) is 24.3 Å². The SMILES string of the molecule is CCOc1ccc(OCC)c(NS(=O)(=O)/C=C/c2ccccc2)c1. The number of hydrogen-bond acceptors (Lipinski definition) is 4. The minimum Gasteiger partial charge on any atom is -0.494 e. The molecule has 0 amide bonds. The third kappa shape index (κ3) is 5.31. The van der Waals surface area contributed by atoms with Gasteiger partial charge in [-0.2, -0.15) is 0 Å². The summed E-state index contributed by atoms with van der Waals surface area (Å²) in [5, 5.41) is 1.13. The van der Waals surface area contributed by atoms with Crippen LogP contribution in [-0.4, -0.2) is 21.6 Å². The third-order valence-electron chi connectivity index (χ3n) is 3.05. The largest absolute Gasteiger partial charge is 0.494 e. The van der Waals surface area contributed by atoms with Crippen molar-refractivity contribution in [1.82, 2.24) is 0 Å². The van der Waals surface area contributed by atoms with E-state index in [0.29, 0.717) is 30.4 Å². The van der Waals surface area contributed by atoms with Gasteiger partial charge >= 0.3 is 0 Å². The van der Waals surface area contributed by atoms with Crippen LogP contribution in [0.5, 0.6) is 11.5 Å². The lowest BCUT2D eigenvalue weighted by molar-refractivity contribution is 0.332. The van der Waals surface area contributed by atoms with Gasteiger partial charge in [-0.05, 0) is 37.6 Å². The molecule has 0 unspecified atom stereocenters. The second-order valence-electron chi connectivity index (χ2n) is 4.88. The molecule has 0 radical (unpaired) electrons. The van der Waals surface area contributed by atoms with E-state index in [2.05, 4.69) is 4.72 Å². The summed E-state index contributed by atoms with van der Waals surface area (Å²) >= 11 is 0. The fourth-order valence-corrected chi connectivity index (χ4v) is 2.92. The molecule has 0 aliphatic carbocycles. The summed E-state index contributed by atoms with van der Waals surface area (Å²) in [6.45, 7) is 4.63. The van der Waals surface area contributed by atoms with Crippen LogP contribution in [0.1, 0.15) is 19.4 Å². The predicted molar refractivity (Wildman–Crippen MR) is 96.8 cm³/mol. The number of nitrogens with one attached hydrogen (secondary N) is 1. The van der Waals surface area contributed by atoms with E-state index in [-0.39, 0.29) is 0 Å². The van der Waals surface area contributed by atoms with Crippen LogP contribution in [0.15, 0.2) is 53.9 Å². The zero-order valence-corrected chi connectivity index (χ0v) is 14.5. The summed E-state index contributed by atoms with van der Waals surface area (Å²) in [4.78, 5) is 0.